The molecule has 0 unspecified atom stereocenters. The van der Waals surface area contributed by atoms with Crippen LogP contribution < -0.4 is 0 Å². The molecule has 0 bridgehead atoms. The molecule has 0 aliphatic carbocycles. The number of hydrogen-bond acceptors (Lipinski definition) is 4. The van der Waals surface area contributed by atoms with Crippen molar-refractivity contribution in [2.45, 2.75) is 13.3 Å². The number of halogens is 1. The Morgan fingerprint density at radius 1 is 1.42 bits per heavy atom. The van der Waals surface area contributed by atoms with Gasteiger partial charge in [0, 0.05) is 18.1 Å². The second-order valence-corrected chi connectivity index (χ2v) is 6.42. The van der Waals surface area contributed by atoms with Crippen LogP contribution in [0.4, 0.5) is 5.69 Å². The smallest absolute Gasteiger partial charge is 0.273 e. The van der Waals surface area contributed by atoms with E-state index in [9.17, 15) is 14.9 Å². The average molecular weight is 340 g/mol. The summed E-state index contributed by atoms with van der Waals surface area (Å²) in [4.78, 5) is 23.2. The molecule has 1 heterocycles. The largest absolute Gasteiger partial charge is 0.293 e. The van der Waals surface area contributed by atoms with E-state index in [4.69, 9.17) is 0 Å². The van der Waals surface area contributed by atoms with Crippen LogP contribution in [0.25, 0.3) is 0 Å². The summed E-state index contributed by atoms with van der Waals surface area (Å²) in [5.74, 6) is -0.104. The van der Waals surface area contributed by atoms with Gasteiger partial charge in [-0.15, -0.1) is 11.3 Å². The molecule has 0 saturated carbocycles. The first kappa shape index (κ1) is 13.9. The minimum Gasteiger partial charge on any atom is -0.293 e. The van der Waals surface area contributed by atoms with Gasteiger partial charge in [0.25, 0.3) is 5.69 Å². The number of para-hydroxylation sites is 1. The molecular weight excluding hydrogens is 330 g/mol. The van der Waals surface area contributed by atoms with E-state index in [0.29, 0.717) is 10.4 Å². The van der Waals surface area contributed by atoms with Gasteiger partial charge in [-0.05, 0) is 34.5 Å². The van der Waals surface area contributed by atoms with E-state index in [-0.39, 0.29) is 17.9 Å². The zero-order valence-electron chi connectivity index (χ0n) is 10.1. The molecule has 98 valence electrons. The number of Topliss-reactive ketones (excluding diaryl/α,β-unsaturated/α-hetero) is 1. The normalized spacial score (nSPS) is 10.4. The summed E-state index contributed by atoms with van der Waals surface area (Å²) in [6.45, 7) is 1.91. The van der Waals surface area contributed by atoms with E-state index in [1.165, 1.54) is 17.4 Å². The maximum Gasteiger partial charge on any atom is 0.273 e. The summed E-state index contributed by atoms with van der Waals surface area (Å²) in [6.07, 6.45) is 0.0452. The number of hydrogen-bond donors (Lipinski definition) is 0. The molecule has 0 spiro atoms. The fourth-order valence-electron chi connectivity index (χ4n) is 1.70. The molecule has 0 atom stereocenters. The molecular formula is C13H10BrNO3S. The fraction of sp³-hybridized carbons (Fsp3) is 0.154. The molecule has 0 saturated heterocycles. The van der Waals surface area contributed by atoms with E-state index in [0.717, 1.165) is 9.35 Å². The molecule has 2 aromatic rings. The van der Waals surface area contributed by atoms with Gasteiger partial charge < -0.3 is 0 Å². The summed E-state index contributed by atoms with van der Waals surface area (Å²) in [7, 11) is 0. The average Bonchev–Trinajstić information content (AvgIpc) is 2.70. The SMILES string of the molecule is Cc1cc(C(=O)Cc2ccccc2[N+](=O)[O-])sc1Br. The van der Waals surface area contributed by atoms with Crippen molar-refractivity contribution in [1.29, 1.82) is 0 Å². The number of aryl methyl sites for hydroxylation is 1. The molecule has 2 rings (SSSR count). The van der Waals surface area contributed by atoms with Crippen LogP contribution in [0.2, 0.25) is 0 Å². The molecule has 0 radical (unpaired) electrons. The maximum absolute atomic E-state index is 12.1. The predicted octanol–water partition coefficient (Wildman–Crippen LogP) is 4.15. The highest BCUT2D eigenvalue weighted by Gasteiger charge is 2.18. The summed E-state index contributed by atoms with van der Waals surface area (Å²) >= 11 is 4.72. The number of ketones is 1. The van der Waals surface area contributed by atoms with Gasteiger partial charge in [0.2, 0.25) is 0 Å². The summed E-state index contributed by atoms with van der Waals surface area (Å²) < 4.78 is 0.915. The van der Waals surface area contributed by atoms with Crippen LogP contribution in [0.15, 0.2) is 34.1 Å². The van der Waals surface area contributed by atoms with Crippen LogP contribution in [0.3, 0.4) is 0 Å². The second-order valence-electron chi connectivity index (χ2n) is 4.05. The maximum atomic E-state index is 12.1. The first-order valence-corrected chi connectivity index (χ1v) is 7.11. The number of benzene rings is 1. The lowest BCUT2D eigenvalue weighted by molar-refractivity contribution is -0.385. The highest BCUT2D eigenvalue weighted by atomic mass is 79.9. The number of thiophene rings is 1. The van der Waals surface area contributed by atoms with Gasteiger partial charge in [0.05, 0.1) is 13.6 Å². The molecule has 0 amide bonds. The number of carbonyl (C=O) groups is 1. The monoisotopic (exact) mass is 339 g/mol. The first-order chi connectivity index (χ1) is 8.99. The number of carbonyl (C=O) groups excluding carboxylic acids is 1. The van der Waals surface area contributed by atoms with Crippen LogP contribution in [0.5, 0.6) is 0 Å². The third kappa shape index (κ3) is 3.08. The number of rotatable bonds is 4. The lowest BCUT2D eigenvalue weighted by atomic mass is 10.1. The Kier molecular flexibility index (Phi) is 4.11. The molecule has 0 aliphatic heterocycles. The van der Waals surface area contributed by atoms with Crippen LogP contribution in [-0.4, -0.2) is 10.7 Å². The summed E-state index contributed by atoms with van der Waals surface area (Å²) in [5.41, 5.74) is 1.43. The Morgan fingerprint density at radius 2 is 2.11 bits per heavy atom. The Hall–Kier alpha value is -1.53. The summed E-state index contributed by atoms with van der Waals surface area (Å²) in [5, 5.41) is 10.9. The molecule has 19 heavy (non-hydrogen) atoms. The van der Waals surface area contributed by atoms with Gasteiger partial charge in [0.1, 0.15) is 0 Å². The molecule has 4 nitrogen and oxygen atoms in total. The van der Waals surface area contributed by atoms with Crippen molar-refractivity contribution < 1.29 is 9.72 Å². The Bertz CT molecular complexity index is 632. The lowest BCUT2D eigenvalue weighted by Gasteiger charge is -2.00. The molecule has 1 aromatic heterocycles. The van der Waals surface area contributed by atoms with Gasteiger partial charge in [0.15, 0.2) is 5.78 Å². The van der Waals surface area contributed by atoms with Crippen molar-refractivity contribution in [1.82, 2.24) is 0 Å². The van der Waals surface area contributed by atoms with E-state index in [2.05, 4.69) is 15.9 Å². The van der Waals surface area contributed by atoms with E-state index < -0.39 is 4.92 Å². The minimum absolute atomic E-state index is 0.0109. The Balaban J connectivity index is 2.26. The van der Waals surface area contributed by atoms with Crippen molar-refractivity contribution in [2.75, 3.05) is 0 Å². The van der Waals surface area contributed by atoms with Crippen molar-refractivity contribution in [3.05, 3.63) is 60.2 Å². The Morgan fingerprint density at radius 3 is 2.68 bits per heavy atom. The molecule has 6 heteroatoms. The highest BCUT2D eigenvalue weighted by molar-refractivity contribution is 9.11. The minimum atomic E-state index is -0.460. The Labute approximate surface area is 122 Å². The van der Waals surface area contributed by atoms with Gasteiger partial charge in [-0.1, -0.05) is 18.2 Å². The number of nitro benzene ring substituents is 1. The predicted molar refractivity (Wildman–Crippen MR) is 77.9 cm³/mol. The standard InChI is InChI=1S/C13H10BrNO3S/c1-8-6-12(19-13(8)14)11(16)7-9-4-2-3-5-10(9)15(17)18/h2-6H,7H2,1H3. The molecule has 0 N–H and O–H groups in total. The van der Waals surface area contributed by atoms with Gasteiger partial charge >= 0.3 is 0 Å². The third-order valence-electron chi connectivity index (χ3n) is 2.67. The quantitative estimate of drug-likeness (QED) is 0.477. The third-order valence-corrected chi connectivity index (χ3v) is 4.85. The number of nitrogens with zero attached hydrogens (tertiary/aromatic N) is 1. The van der Waals surface area contributed by atoms with E-state index in [1.54, 1.807) is 24.3 Å². The number of nitro groups is 1. The van der Waals surface area contributed by atoms with Crippen LogP contribution in [0, 0.1) is 17.0 Å². The lowest BCUT2D eigenvalue weighted by Crippen LogP contribution is -2.04. The zero-order valence-corrected chi connectivity index (χ0v) is 12.5. The second kappa shape index (κ2) is 5.63. The van der Waals surface area contributed by atoms with Crippen molar-refractivity contribution >= 4 is 38.7 Å². The highest BCUT2D eigenvalue weighted by Crippen LogP contribution is 2.29. The first-order valence-electron chi connectivity index (χ1n) is 5.50. The van der Waals surface area contributed by atoms with Gasteiger partial charge in [-0.3, -0.25) is 14.9 Å². The van der Waals surface area contributed by atoms with Crippen molar-refractivity contribution in [3.63, 3.8) is 0 Å². The van der Waals surface area contributed by atoms with Crippen molar-refractivity contribution in [3.8, 4) is 0 Å². The van der Waals surface area contributed by atoms with Crippen molar-refractivity contribution in [2.24, 2.45) is 0 Å². The van der Waals surface area contributed by atoms with Crippen LogP contribution >= 0.6 is 27.3 Å². The topological polar surface area (TPSA) is 60.2 Å². The van der Waals surface area contributed by atoms with E-state index >= 15 is 0 Å². The summed E-state index contributed by atoms with van der Waals surface area (Å²) in [6, 6.07) is 8.12. The fourth-order valence-corrected chi connectivity index (χ4v) is 3.17. The van der Waals surface area contributed by atoms with Crippen LogP contribution in [-0.2, 0) is 6.42 Å². The van der Waals surface area contributed by atoms with Crippen LogP contribution in [0.1, 0.15) is 20.8 Å². The molecule has 0 fully saturated rings. The molecule has 1 aromatic carbocycles. The molecule has 0 aliphatic rings. The van der Waals surface area contributed by atoms with E-state index in [1.807, 2.05) is 6.92 Å². The zero-order chi connectivity index (χ0) is 14.0. The van der Waals surface area contributed by atoms with Gasteiger partial charge in [-0.2, -0.15) is 0 Å². The van der Waals surface area contributed by atoms with Gasteiger partial charge in [-0.25, -0.2) is 0 Å².